The monoisotopic (exact) mass is 546 g/mol. The van der Waals surface area contributed by atoms with Crippen molar-refractivity contribution >= 4 is 28.8 Å². The van der Waals surface area contributed by atoms with Crippen LogP contribution in [0.15, 0.2) is 84.9 Å². The van der Waals surface area contributed by atoms with E-state index in [9.17, 15) is 0 Å². The van der Waals surface area contributed by atoms with E-state index in [1.807, 2.05) is 0 Å². The van der Waals surface area contributed by atoms with Gasteiger partial charge in [0.25, 0.3) is 0 Å². The van der Waals surface area contributed by atoms with Gasteiger partial charge in [0.15, 0.2) is 0 Å². The molecule has 0 saturated heterocycles. The first kappa shape index (κ1) is 31.8. The summed E-state index contributed by atoms with van der Waals surface area (Å²) in [5.74, 6) is 0. The van der Waals surface area contributed by atoms with Crippen molar-refractivity contribution in [2.45, 2.75) is 34.6 Å². The van der Waals surface area contributed by atoms with Crippen LogP contribution in [0.4, 0.5) is 0 Å². The number of rotatable bonds is 4. The summed E-state index contributed by atoms with van der Waals surface area (Å²) in [6, 6.07) is 31.6. The summed E-state index contributed by atoms with van der Waals surface area (Å²) in [6.07, 6.45) is 0. The quantitative estimate of drug-likeness (QED) is 0.137. The first-order valence-electron chi connectivity index (χ1n) is 10.4. The molecule has 0 N–H and O–H groups in total. The molecule has 0 aliphatic carbocycles. The largest absolute Gasteiger partial charge is 4.00 e. The van der Waals surface area contributed by atoms with E-state index in [0.29, 0.717) is 0 Å². The molecule has 0 aliphatic heterocycles. The van der Waals surface area contributed by atoms with Gasteiger partial charge in [-0.05, 0) is 6.92 Å². The summed E-state index contributed by atoms with van der Waals surface area (Å²) in [7, 11) is -2.43. The minimum absolute atomic E-state index is 0. The number of halogens is 3. The van der Waals surface area contributed by atoms with Gasteiger partial charge in [0, 0.05) is 0 Å². The van der Waals surface area contributed by atoms with Crippen LogP contribution in [0.2, 0.25) is 0 Å². The van der Waals surface area contributed by atoms with Gasteiger partial charge in [0.05, 0.1) is 0 Å². The smallest absolute Gasteiger partial charge is 1.00 e. The number of hydrogen-bond donors (Lipinski definition) is 0. The third-order valence-corrected chi connectivity index (χ3v) is 11.8. The zero-order valence-corrected chi connectivity index (χ0v) is 24.5. The average Bonchev–Trinajstić information content (AvgIpc) is 2.94. The van der Waals surface area contributed by atoms with E-state index in [1.165, 1.54) is 43.4 Å². The minimum Gasteiger partial charge on any atom is -1.00 e. The summed E-state index contributed by atoms with van der Waals surface area (Å²) in [4.78, 5) is 0. The molecule has 0 saturated carbocycles. The second-order valence-corrected chi connectivity index (χ2v) is 12.0. The van der Waals surface area contributed by atoms with Gasteiger partial charge in [-0.3, -0.25) is 0 Å². The zero-order chi connectivity index (χ0) is 20.6. The summed E-state index contributed by atoms with van der Waals surface area (Å²) in [6.45, 7) is 11.4. The first-order chi connectivity index (χ1) is 14.0. The van der Waals surface area contributed by atoms with Crippen LogP contribution in [0.1, 0.15) is 27.8 Å². The third-order valence-electron chi connectivity index (χ3n) is 6.68. The molecule has 33 heavy (non-hydrogen) atoms. The van der Waals surface area contributed by atoms with Crippen LogP contribution < -0.4 is 58.0 Å². The minimum atomic E-state index is -2.43. The Kier molecular flexibility index (Phi) is 12.6. The van der Waals surface area contributed by atoms with Crippen molar-refractivity contribution in [2.75, 3.05) is 0 Å². The SMILES string of the molecule is Cc1cccc([Si](c2ccccc2)(c2ccccc2)[c-]2c(C)c(C)c(C)c2C)c1.[Cl-].[Cl-].[Cl-].[Ti+4]. The normalized spacial score (nSPS) is 10.2. The third kappa shape index (κ3) is 5.40. The molecule has 0 unspecified atom stereocenters. The molecule has 0 aliphatic rings. The Morgan fingerprint density at radius 3 is 1.30 bits per heavy atom. The molecule has 0 atom stereocenters. The standard InChI is InChI=1S/C28H29Si.3ClH.Ti/c1-20-13-12-18-27(19-20)29(25-14-8-6-9-15-25,26-16-10-7-11-17-26)28-23(4)21(2)22(3)24(28)5;;;;/h6-19H,1-5H3;3*1H;/q-1;;;;+4/p-3. The van der Waals surface area contributed by atoms with Crippen LogP contribution in [0.5, 0.6) is 0 Å². The van der Waals surface area contributed by atoms with Crippen LogP contribution in [0.3, 0.4) is 0 Å². The maximum Gasteiger partial charge on any atom is 4.00 e. The molecule has 0 fully saturated rings. The van der Waals surface area contributed by atoms with Crippen molar-refractivity contribution in [3.8, 4) is 0 Å². The Morgan fingerprint density at radius 2 is 0.909 bits per heavy atom. The maximum atomic E-state index is 2.42. The molecule has 4 aromatic rings. The Morgan fingerprint density at radius 1 is 0.515 bits per heavy atom. The van der Waals surface area contributed by atoms with Crippen molar-refractivity contribution < 1.29 is 58.9 Å². The van der Waals surface area contributed by atoms with Gasteiger partial charge in [0.1, 0.15) is 8.07 Å². The molecule has 170 valence electrons. The molecular weight excluding hydrogens is 519 g/mol. The van der Waals surface area contributed by atoms with Crippen LogP contribution in [0.25, 0.3) is 0 Å². The molecular formula is C28H29Cl3SiTi. The first-order valence-corrected chi connectivity index (χ1v) is 12.4. The molecule has 0 bridgehead atoms. The second kappa shape index (κ2) is 13.0. The summed E-state index contributed by atoms with van der Waals surface area (Å²) in [5, 5.41) is 5.93. The maximum absolute atomic E-state index is 2.43. The Bertz CT molecular complexity index is 1090. The van der Waals surface area contributed by atoms with Crippen LogP contribution in [-0.4, -0.2) is 8.07 Å². The molecule has 5 heteroatoms. The topological polar surface area (TPSA) is 0 Å². The van der Waals surface area contributed by atoms with E-state index < -0.39 is 8.07 Å². The summed E-state index contributed by atoms with van der Waals surface area (Å²) >= 11 is 0. The number of benzene rings is 3. The molecule has 0 spiro atoms. The van der Waals surface area contributed by atoms with Gasteiger partial charge in [-0.25, -0.2) is 0 Å². The Balaban J connectivity index is 0.00000256. The molecule has 0 nitrogen and oxygen atoms in total. The van der Waals surface area contributed by atoms with E-state index in [1.54, 1.807) is 5.19 Å². The molecule has 0 heterocycles. The fourth-order valence-electron chi connectivity index (χ4n) is 4.97. The Labute approximate surface area is 233 Å². The predicted molar refractivity (Wildman–Crippen MR) is 129 cm³/mol. The van der Waals surface area contributed by atoms with Crippen molar-refractivity contribution in [2.24, 2.45) is 0 Å². The molecule has 4 rings (SSSR count). The summed E-state index contributed by atoms with van der Waals surface area (Å²) in [5.41, 5.74) is 7.12. The summed E-state index contributed by atoms with van der Waals surface area (Å²) < 4.78 is 0. The van der Waals surface area contributed by atoms with Gasteiger partial charge >= 0.3 is 21.7 Å². The molecule has 0 radical (unpaired) electrons. The predicted octanol–water partition coefficient (Wildman–Crippen LogP) is -4.67. The van der Waals surface area contributed by atoms with Crippen LogP contribution in [0, 0.1) is 34.6 Å². The van der Waals surface area contributed by atoms with Crippen molar-refractivity contribution in [1.82, 2.24) is 0 Å². The average molecular weight is 548 g/mol. The fourth-order valence-corrected chi connectivity index (χ4v) is 10.5. The Hall–Kier alpha value is -1.19. The van der Waals surface area contributed by atoms with E-state index in [4.69, 9.17) is 0 Å². The van der Waals surface area contributed by atoms with Gasteiger partial charge in [0.2, 0.25) is 0 Å². The van der Waals surface area contributed by atoms with E-state index in [0.717, 1.165) is 0 Å². The molecule has 4 aromatic carbocycles. The van der Waals surface area contributed by atoms with E-state index in [-0.39, 0.29) is 58.9 Å². The van der Waals surface area contributed by atoms with Gasteiger partial charge in [-0.1, -0.05) is 134 Å². The van der Waals surface area contributed by atoms with Gasteiger partial charge < -0.3 is 37.2 Å². The van der Waals surface area contributed by atoms with Crippen molar-refractivity contribution in [3.63, 3.8) is 0 Å². The fraction of sp³-hybridized carbons (Fsp3) is 0.179. The van der Waals surface area contributed by atoms with E-state index >= 15 is 0 Å². The van der Waals surface area contributed by atoms with Gasteiger partial charge in [-0.15, -0.1) is 5.19 Å². The van der Waals surface area contributed by atoms with Crippen molar-refractivity contribution in [3.05, 3.63) is 113 Å². The van der Waals surface area contributed by atoms with Crippen molar-refractivity contribution in [1.29, 1.82) is 0 Å². The van der Waals surface area contributed by atoms with E-state index in [2.05, 4.69) is 120 Å². The second-order valence-electron chi connectivity index (χ2n) is 8.23. The van der Waals surface area contributed by atoms with Crippen LogP contribution >= 0.6 is 0 Å². The number of hydrogen-bond acceptors (Lipinski definition) is 0. The molecule has 0 amide bonds. The van der Waals surface area contributed by atoms with Crippen LogP contribution in [-0.2, 0) is 21.7 Å². The van der Waals surface area contributed by atoms with Gasteiger partial charge in [-0.2, -0.15) is 22.3 Å². The zero-order valence-electron chi connectivity index (χ0n) is 19.7. The number of aryl methyl sites for hydroxylation is 1. The molecule has 0 aromatic heterocycles.